The average Bonchev–Trinajstić information content (AvgIpc) is 2.49. The van der Waals surface area contributed by atoms with Crippen LogP contribution < -0.4 is 10.1 Å². The molecule has 0 fully saturated rings. The van der Waals surface area contributed by atoms with Gasteiger partial charge in [-0.15, -0.1) is 0 Å². The molecule has 0 unspecified atom stereocenters. The highest BCUT2D eigenvalue weighted by molar-refractivity contribution is 5.89. The first-order chi connectivity index (χ1) is 9.65. The maximum absolute atomic E-state index is 11.4. The topological polar surface area (TPSA) is 64.6 Å². The SMILES string of the molecule is CCCNC(=O)COC(=O)C=Cc1ccc(OC)cc1. The number of carbonyl (C=O) groups excluding carboxylic acids is 2. The second-order valence-corrected chi connectivity index (χ2v) is 4.06. The maximum atomic E-state index is 11.4. The molecular weight excluding hydrogens is 258 g/mol. The van der Waals surface area contributed by atoms with Gasteiger partial charge in [0.15, 0.2) is 6.61 Å². The molecule has 5 heteroatoms. The van der Waals surface area contributed by atoms with Crippen LogP contribution in [0.2, 0.25) is 0 Å². The molecule has 1 N–H and O–H groups in total. The largest absolute Gasteiger partial charge is 0.497 e. The number of hydrogen-bond donors (Lipinski definition) is 1. The molecule has 0 saturated carbocycles. The van der Waals surface area contributed by atoms with Gasteiger partial charge in [-0.05, 0) is 30.2 Å². The molecule has 1 aromatic rings. The lowest BCUT2D eigenvalue weighted by Gasteiger charge is -2.03. The van der Waals surface area contributed by atoms with E-state index in [9.17, 15) is 9.59 Å². The fraction of sp³-hybridized carbons (Fsp3) is 0.333. The Labute approximate surface area is 118 Å². The van der Waals surface area contributed by atoms with Gasteiger partial charge < -0.3 is 14.8 Å². The zero-order valence-corrected chi connectivity index (χ0v) is 11.7. The normalized spacial score (nSPS) is 10.3. The molecule has 0 aliphatic rings. The van der Waals surface area contributed by atoms with Crippen molar-refractivity contribution in [1.82, 2.24) is 5.32 Å². The fourth-order valence-electron chi connectivity index (χ4n) is 1.38. The Bertz CT molecular complexity index is 465. The van der Waals surface area contributed by atoms with Gasteiger partial charge in [0.25, 0.3) is 5.91 Å². The number of amides is 1. The van der Waals surface area contributed by atoms with Crippen LogP contribution in [-0.4, -0.2) is 32.1 Å². The lowest BCUT2D eigenvalue weighted by molar-refractivity contribution is -0.143. The number of esters is 1. The molecule has 0 saturated heterocycles. The van der Waals surface area contributed by atoms with Crippen LogP contribution in [0.15, 0.2) is 30.3 Å². The molecule has 0 atom stereocenters. The monoisotopic (exact) mass is 277 g/mol. The van der Waals surface area contributed by atoms with Crippen molar-refractivity contribution in [2.75, 3.05) is 20.3 Å². The molecule has 20 heavy (non-hydrogen) atoms. The highest BCUT2D eigenvalue weighted by atomic mass is 16.5. The predicted octanol–water partition coefficient (Wildman–Crippen LogP) is 1.78. The summed E-state index contributed by atoms with van der Waals surface area (Å²) in [6, 6.07) is 7.22. The van der Waals surface area contributed by atoms with E-state index in [1.165, 1.54) is 6.08 Å². The third kappa shape index (κ3) is 6.04. The van der Waals surface area contributed by atoms with Gasteiger partial charge in [0, 0.05) is 12.6 Å². The Morgan fingerprint density at radius 1 is 1.25 bits per heavy atom. The molecule has 0 spiro atoms. The van der Waals surface area contributed by atoms with Crippen LogP contribution in [0.4, 0.5) is 0 Å². The first kappa shape index (κ1) is 15.8. The summed E-state index contributed by atoms with van der Waals surface area (Å²) in [6.07, 6.45) is 3.75. The summed E-state index contributed by atoms with van der Waals surface area (Å²) in [7, 11) is 1.59. The van der Waals surface area contributed by atoms with Crippen LogP contribution in [0, 0.1) is 0 Å². The Morgan fingerprint density at radius 2 is 1.95 bits per heavy atom. The van der Waals surface area contributed by atoms with E-state index in [1.807, 2.05) is 19.1 Å². The highest BCUT2D eigenvalue weighted by Gasteiger charge is 2.03. The molecule has 0 aromatic heterocycles. The van der Waals surface area contributed by atoms with Crippen LogP contribution in [0.3, 0.4) is 0 Å². The third-order valence-electron chi connectivity index (χ3n) is 2.45. The van der Waals surface area contributed by atoms with Gasteiger partial charge in [0.05, 0.1) is 7.11 Å². The quantitative estimate of drug-likeness (QED) is 0.609. The minimum absolute atomic E-state index is 0.258. The summed E-state index contributed by atoms with van der Waals surface area (Å²) in [4.78, 5) is 22.6. The van der Waals surface area contributed by atoms with Crippen LogP contribution in [0.1, 0.15) is 18.9 Å². The van der Waals surface area contributed by atoms with Gasteiger partial charge in [-0.2, -0.15) is 0 Å². The molecule has 0 heterocycles. The number of methoxy groups -OCH3 is 1. The van der Waals surface area contributed by atoms with Crippen molar-refractivity contribution in [3.05, 3.63) is 35.9 Å². The van der Waals surface area contributed by atoms with Gasteiger partial charge in [-0.1, -0.05) is 19.1 Å². The van der Waals surface area contributed by atoms with Crippen molar-refractivity contribution in [1.29, 1.82) is 0 Å². The van der Waals surface area contributed by atoms with Crippen molar-refractivity contribution >= 4 is 18.0 Å². The Hall–Kier alpha value is -2.30. The standard InChI is InChI=1S/C15H19NO4/c1-3-10-16-14(17)11-20-15(18)9-6-12-4-7-13(19-2)8-5-12/h4-9H,3,10-11H2,1-2H3,(H,16,17). The molecule has 0 aliphatic heterocycles. The Balaban J connectivity index is 2.37. The van der Waals surface area contributed by atoms with Crippen LogP contribution in [-0.2, 0) is 14.3 Å². The van der Waals surface area contributed by atoms with Crippen molar-refractivity contribution < 1.29 is 19.1 Å². The first-order valence-electron chi connectivity index (χ1n) is 6.41. The second kappa shape index (κ2) is 8.74. The first-order valence-corrected chi connectivity index (χ1v) is 6.41. The fourth-order valence-corrected chi connectivity index (χ4v) is 1.38. The minimum atomic E-state index is -0.549. The summed E-state index contributed by atoms with van der Waals surface area (Å²) < 4.78 is 9.84. The average molecular weight is 277 g/mol. The van der Waals surface area contributed by atoms with E-state index in [1.54, 1.807) is 25.3 Å². The van der Waals surface area contributed by atoms with Gasteiger partial charge in [-0.25, -0.2) is 4.79 Å². The van der Waals surface area contributed by atoms with E-state index in [0.29, 0.717) is 6.54 Å². The second-order valence-electron chi connectivity index (χ2n) is 4.06. The van der Waals surface area contributed by atoms with Gasteiger partial charge in [-0.3, -0.25) is 4.79 Å². The molecular formula is C15H19NO4. The number of hydrogen-bond acceptors (Lipinski definition) is 4. The molecule has 0 bridgehead atoms. The molecule has 0 radical (unpaired) electrons. The van der Waals surface area contributed by atoms with Crippen LogP contribution in [0.25, 0.3) is 6.08 Å². The van der Waals surface area contributed by atoms with Crippen LogP contribution in [0.5, 0.6) is 5.75 Å². The van der Waals surface area contributed by atoms with E-state index in [-0.39, 0.29) is 12.5 Å². The van der Waals surface area contributed by atoms with E-state index in [4.69, 9.17) is 9.47 Å². The van der Waals surface area contributed by atoms with E-state index in [0.717, 1.165) is 17.7 Å². The molecule has 1 rings (SSSR count). The molecule has 108 valence electrons. The summed E-state index contributed by atoms with van der Waals surface area (Å²) in [5.74, 6) is -0.0946. The van der Waals surface area contributed by atoms with Crippen molar-refractivity contribution in [3.63, 3.8) is 0 Å². The predicted molar refractivity (Wildman–Crippen MR) is 76.3 cm³/mol. The lowest BCUT2D eigenvalue weighted by atomic mass is 10.2. The zero-order valence-electron chi connectivity index (χ0n) is 11.7. The van der Waals surface area contributed by atoms with Crippen molar-refractivity contribution in [2.45, 2.75) is 13.3 Å². The molecule has 5 nitrogen and oxygen atoms in total. The molecule has 0 aliphatic carbocycles. The minimum Gasteiger partial charge on any atom is -0.497 e. The van der Waals surface area contributed by atoms with Gasteiger partial charge in [0.2, 0.25) is 0 Å². The van der Waals surface area contributed by atoms with Gasteiger partial charge >= 0.3 is 5.97 Å². The van der Waals surface area contributed by atoms with E-state index < -0.39 is 5.97 Å². The smallest absolute Gasteiger partial charge is 0.331 e. The number of nitrogens with one attached hydrogen (secondary N) is 1. The summed E-state index contributed by atoms with van der Waals surface area (Å²) in [6.45, 7) is 2.27. The van der Waals surface area contributed by atoms with Crippen molar-refractivity contribution in [3.8, 4) is 5.75 Å². The highest BCUT2D eigenvalue weighted by Crippen LogP contribution is 2.12. The molecule has 1 amide bonds. The summed E-state index contributed by atoms with van der Waals surface area (Å²) >= 11 is 0. The van der Waals surface area contributed by atoms with E-state index in [2.05, 4.69) is 5.32 Å². The third-order valence-corrected chi connectivity index (χ3v) is 2.45. The number of carbonyl (C=O) groups is 2. The van der Waals surface area contributed by atoms with Crippen molar-refractivity contribution in [2.24, 2.45) is 0 Å². The summed E-state index contributed by atoms with van der Waals surface area (Å²) in [5.41, 5.74) is 0.846. The number of benzene rings is 1. The van der Waals surface area contributed by atoms with E-state index >= 15 is 0 Å². The lowest BCUT2D eigenvalue weighted by Crippen LogP contribution is -2.28. The van der Waals surface area contributed by atoms with Gasteiger partial charge in [0.1, 0.15) is 5.75 Å². The van der Waals surface area contributed by atoms with Crippen LogP contribution >= 0.6 is 0 Å². The number of ether oxygens (including phenoxy) is 2. The zero-order chi connectivity index (χ0) is 14.8. The summed E-state index contributed by atoms with van der Waals surface area (Å²) in [5, 5.41) is 2.62. The molecule has 1 aromatic carbocycles. The number of rotatable bonds is 7. The Kier molecular flexibility index (Phi) is 6.89. The maximum Gasteiger partial charge on any atom is 0.331 e. The Morgan fingerprint density at radius 3 is 2.55 bits per heavy atom.